The molecule has 24 heteroatoms. The number of halogens is 2. The molecule has 10 atom stereocenters. The third-order valence-electron chi connectivity index (χ3n) is 8.05. The van der Waals surface area contributed by atoms with E-state index in [9.17, 15) is 18.9 Å². The van der Waals surface area contributed by atoms with Crippen LogP contribution in [0.5, 0.6) is 0 Å². The third-order valence-corrected chi connectivity index (χ3v) is 10.0. The van der Waals surface area contributed by atoms with E-state index in [0.717, 1.165) is 0 Å². The van der Waals surface area contributed by atoms with E-state index < -0.39 is 78.1 Å². The molecule has 3 unspecified atom stereocenters. The largest absolute Gasteiger partial charge is 0.472 e. The predicted molar refractivity (Wildman–Crippen MR) is 156 cm³/mol. The number of phosphoric ester groups is 2. The first-order valence-corrected chi connectivity index (χ1v) is 17.5. The van der Waals surface area contributed by atoms with Gasteiger partial charge < -0.3 is 29.9 Å². The molecular formula is C24H26F2N10O10P2. The summed E-state index contributed by atoms with van der Waals surface area (Å²) in [5.41, 5.74) is 0.787. The molecule has 3 fully saturated rings. The van der Waals surface area contributed by atoms with E-state index in [4.69, 9.17) is 27.6 Å². The van der Waals surface area contributed by atoms with Gasteiger partial charge >= 0.3 is 15.6 Å². The summed E-state index contributed by atoms with van der Waals surface area (Å²) in [5.74, 6) is 0.642. The topological polar surface area (TPSA) is 241 Å². The number of rotatable bonds is 0. The smallest absolute Gasteiger partial charge is 0.365 e. The Hall–Kier alpha value is -3.56. The molecule has 0 radical (unpaired) electrons. The molecule has 4 N–H and O–H groups in total. The molecule has 5 aliphatic heterocycles. The number of nitrogens with one attached hydrogen (secondary N) is 2. The van der Waals surface area contributed by atoms with Crippen LogP contribution in [0.25, 0.3) is 22.3 Å². The molecule has 0 aromatic carbocycles. The van der Waals surface area contributed by atoms with Crippen LogP contribution in [0.2, 0.25) is 0 Å². The second-order valence-corrected chi connectivity index (χ2v) is 13.8. The van der Waals surface area contributed by atoms with Gasteiger partial charge in [-0.1, -0.05) is 12.2 Å². The van der Waals surface area contributed by atoms with Crippen molar-refractivity contribution in [3.63, 3.8) is 0 Å². The fraction of sp³-hybridized carbons (Fsp3) is 0.500. The van der Waals surface area contributed by atoms with E-state index in [-0.39, 0.29) is 22.3 Å². The Balaban J connectivity index is 1.21. The minimum atomic E-state index is -5.12. The van der Waals surface area contributed by atoms with Crippen molar-refractivity contribution in [2.75, 3.05) is 36.9 Å². The van der Waals surface area contributed by atoms with Crippen LogP contribution in [-0.2, 0) is 36.7 Å². The average Bonchev–Trinajstić information content (AvgIpc) is 3.81. The molecule has 3 saturated heterocycles. The van der Waals surface area contributed by atoms with Gasteiger partial charge in [-0.25, -0.2) is 47.8 Å². The lowest BCUT2D eigenvalue weighted by Crippen LogP contribution is -2.37. The highest BCUT2D eigenvalue weighted by Crippen LogP contribution is 2.54. The van der Waals surface area contributed by atoms with Gasteiger partial charge in [-0.15, -0.1) is 0 Å². The first-order chi connectivity index (χ1) is 23.1. The highest BCUT2D eigenvalue weighted by Gasteiger charge is 2.55. The maximum Gasteiger partial charge on any atom is 0.472 e. The van der Waals surface area contributed by atoms with Crippen molar-refractivity contribution in [1.29, 1.82) is 0 Å². The number of aromatic nitrogens is 8. The van der Waals surface area contributed by atoms with E-state index in [1.807, 2.05) is 12.2 Å². The fourth-order valence-corrected chi connectivity index (χ4v) is 7.78. The molecule has 0 amide bonds. The van der Waals surface area contributed by atoms with E-state index in [2.05, 4.69) is 40.5 Å². The zero-order valence-corrected chi connectivity index (χ0v) is 26.1. The van der Waals surface area contributed by atoms with Crippen molar-refractivity contribution < 1.29 is 55.3 Å². The number of ether oxygens (including phenoxy) is 2. The Kier molecular flexibility index (Phi) is 7.98. The summed E-state index contributed by atoms with van der Waals surface area (Å²) in [4.78, 5) is 46.7. The molecule has 4 aromatic rings. The second kappa shape index (κ2) is 12.1. The molecule has 9 rings (SSSR count). The maximum absolute atomic E-state index is 16.1. The molecule has 14 bridgehead atoms. The molecule has 9 heterocycles. The Bertz CT molecular complexity index is 1850. The van der Waals surface area contributed by atoms with Gasteiger partial charge in [0.25, 0.3) is 0 Å². The van der Waals surface area contributed by atoms with Crippen LogP contribution in [-0.4, -0.2) is 112 Å². The van der Waals surface area contributed by atoms with Crippen molar-refractivity contribution in [2.24, 2.45) is 0 Å². The Labute approximate surface area is 267 Å². The van der Waals surface area contributed by atoms with Gasteiger partial charge in [-0.2, -0.15) is 0 Å². The Morgan fingerprint density at radius 2 is 1.15 bits per heavy atom. The number of phosphoric acid groups is 2. The van der Waals surface area contributed by atoms with Crippen molar-refractivity contribution in [3.8, 4) is 0 Å². The molecule has 48 heavy (non-hydrogen) atoms. The minimum Gasteiger partial charge on any atom is -0.365 e. The van der Waals surface area contributed by atoms with Gasteiger partial charge in [-0.3, -0.25) is 27.2 Å². The van der Waals surface area contributed by atoms with Gasteiger partial charge in [-0.05, 0) is 0 Å². The fourth-order valence-electron chi connectivity index (χ4n) is 5.87. The summed E-state index contributed by atoms with van der Waals surface area (Å²) < 4.78 is 93.1. The number of hydrogen-bond donors (Lipinski definition) is 4. The maximum atomic E-state index is 16.1. The highest BCUT2D eigenvalue weighted by atomic mass is 31.2. The summed E-state index contributed by atoms with van der Waals surface area (Å²) >= 11 is 0. The summed E-state index contributed by atoms with van der Waals surface area (Å²) in [6, 6.07) is 0. The predicted octanol–water partition coefficient (Wildman–Crippen LogP) is 1.55. The van der Waals surface area contributed by atoms with Crippen molar-refractivity contribution in [1.82, 2.24) is 39.0 Å². The van der Waals surface area contributed by atoms with E-state index >= 15 is 8.78 Å². The van der Waals surface area contributed by atoms with Crippen molar-refractivity contribution >= 4 is 49.6 Å². The third kappa shape index (κ3) is 5.66. The van der Waals surface area contributed by atoms with Gasteiger partial charge in [0.1, 0.15) is 37.1 Å². The van der Waals surface area contributed by atoms with Crippen LogP contribution < -0.4 is 10.6 Å². The summed E-state index contributed by atoms with van der Waals surface area (Å²) in [6.07, 6.45) is -5.78. The second-order valence-electron chi connectivity index (χ2n) is 11.0. The molecule has 20 nitrogen and oxygen atoms in total. The Morgan fingerprint density at radius 3 is 1.58 bits per heavy atom. The number of alkyl halides is 2. The molecule has 0 aliphatic carbocycles. The van der Waals surface area contributed by atoms with E-state index in [1.54, 1.807) is 0 Å². The van der Waals surface area contributed by atoms with Gasteiger partial charge in [0.05, 0.1) is 25.9 Å². The summed E-state index contributed by atoms with van der Waals surface area (Å²) in [6.45, 7) is -1.14. The van der Waals surface area contributed by atoms with Crippen LogP contribution in [0.3, 0.4) is 0 Å². The normalized spacial score (nSPS) is 38.0. The first-order valence-electron chi connectivity index (χ1n) is 14.5. The monoisotopic (exact) mass is 714 g/mol. The zero-order chi connectivity index (χ0) is 33.2. The van der Waals surface area contributed by atoms with Gasteiger partial charge in [0, 0.05) is 13.1 Å². The van der Waals surface area contributed by atoms with Crippen LogP contribution in [0.15, 0.2) is 37.5 Å². The van der Waals surface area contributed by atoms with E-state index in [0.29, 0.717) is 24.7 Å². The molecule has 0 saturated carbocycles. The van der Waals surface area contributed by atoms with Crippen LogP contribution >= 0.6 is 15.6 Å². The molecular weight excluding hydrogens is 688 g/mol. The summed E-state index contributed by atoms with van der Waals surface area (Å²) in [5, 5.41) is 6.20. The van der Waals surface area contributed by atoms with Crippen LogP contribution in [0.1, 0.15) is 12.5 Å². The Morgan fingerprint density at radius 1 is 0.708 bits per heavy atom. The van der Waals surface area contributed by atoms with Gasteiger partial charge in [0.15, 0.2) is 58.8 Å². The van der Waals surface area contributed by atoms with Crippen molar-refractivity contribution in [3.05, 3.63) is 37.5 Å². The lowest BCUT2D eigenvalue weighted by molar-refractivity contribution is -0.0662. The average molecular weight is 714 g/mol. The zero-order valence-electron chi connectivity index (χ0n) is 24.3. The lowest BCUT2D eigenvalue weighted by Gasteiger charge is -2.27. The van der Waals surface area contributed by atoms with Crippen LogP contribution in [0, 0.1) is 0 Å². The number of imidazole rings is 2. The molecule has 4 aromatic heterocycles. The van der Waals surface area contributed by atoms with Gasteiger partial charge in [0.2, 0.25) is 0 Å². The van der Waals surface area contributed by atoms with Crippen LogP contribution in [0.4, 0.5) is 20.4 Å². The van der Waals surface area contributed by atoms with Crippen molar-refractivity contribution in [2.45, 2.75) is 49.2 Å². The lowest BCUT2D eigenvalue weighted by atomic mass is 10.1. The number of fused-ring (bicyclic) bond motifs is 10. The SMILES string of the molecule is O=P1(O)OC[C@H]2O[C@@H]3[C@H](F)[C@@H]2OP(=O)(O)OC[C@H]2OC([C@H](F)[C@@H]2O1)n1cnc2c(ncnc21)NC/C=C/CNc1ncnc2c1ncn23. The quantitative estimate of drug-likeness (QED) is 0.149. The van der Waals surface area contributed by atoms with E-state index in [1.165, 1.54) is 34.4 Å². The number of nitrogens with zero attached hydrogens (tertiary/aromatic N) is 8. The standard InChI is InChI=1S/C24H26F2N10O10P2/c25-13-17-11-5-41-48(39,40)46-18-12(6-42-47(37,38)45-17)44-24(14(18)26)36-10-34-16-20(30-8-32-22(16)36)28-4-2-1-3-27-19-15-21(31-7-29-19)35(9-33-15)23(13)43-11/h1-2,7-14,17-18,23-24H,3-6H2,(H,37,38)(H,39,40)(H,27,29,31)(H,28,30,32)/b2-1+/t11-,12-,13-,14-,17-,18-,23-,24?/m1/s1. The first kappa shape index (κ1) is 31.7. The number of anilines is 2. The highest BCUT2D eigenvalue weighted by molar-refractivity contribution is 7.47. The molecule has 5 aliphatic rings. The minimum absolute atomic E-state index is 0.138. The summed E-state index contributed by atoms with van der Waals surface area (Å²) in [7, 11) is -10.2. The number of hydrogen-bond acceptors (Lipinski definition) is 16. The molecule has 0 spiro atoms. The molecule has 256 valence electrons.